The SMILES string of the molecule is C=CC(=O)N1CCN(c2nc(=O)n(-c3c(C(C)C)ncnc3C(C)C)c3nc(/C(C(=C)F)=C(\N)C=C)c(Cl)cc23)CC1. The van der Waals surface area contributed by atoms with Crippen molar-refractivity contribution in [3.05, 3.63) is 88.4 Å². The number of halogens is 2. The molecule has 1 aliphatic rings. The zero-order chi connectivity index (χ0) is 30.9. The zero-order valence-corrected chi connectivity index (χ0v) is 25.0. The molecule has 2 N–H and O–H groups in total. The molecule has 0 spiro atoms. The lowest BCUT2D eigenvalue weighted by Crippen LogP contribution is -2.49. The second-order valence-corrected chi connectivity index (χ2v) is 10.9. The predicted molar refractivity (Wildman–Crippen MR) is 164 cm³/mol. The Balaban J connectivity index is 2.11. The Morgan fingerprint density at radius 3 is 2.14 bits per heavy atom. The van der Waals surface area contributed by atoms with Crippen molar-refractivity contribution in [2.24, 2.45) is 5.73 Å². The van der Waals surface area contributed by atoms with E-state index in [1.807, 2.05) is 32.6 Å². The number of pyridine rings is 1. The van der Waals surface area contributed by atoms with Gasteiger partial charge in [0.05, 0.1) is 38.8 Å². The minimum atomic E-state index is -0.860. The molecule has 220 valence electrons. The molecule has 0 bridgehead atoms. The van der Waals surface area contributed by atoms with Crippen LogP contribution in [0.4, 0.5) is 10.2 Å². The van der Waals surface area contributed by atoms with Crippen LogP contribution in [0.2, 0.25) is 5.02 Å². The minimum Gasteiger partial charge on any atom is -0.398 e. The number of piperazine rings is 1. The van der Waals surface area contributed by atoms with Gasteiger partial charge in [0.25, 0.3) is 0 Å². The van der Waals surface area contributed by atoms with Crippen LogP contribution >= 0.6 is 11.6 Å². The third-order valence-corrected chi connectivity index (χ3v) is 7.37. The van der Waals surface area contributed by atoms with Crippen molar-refractivity contribution in [3.8, 4) is 5.69 Å². The molecule has 1 amide bonds. The third kappa shape index (κ3) is 5.56. The van der Waals surface area contributed by atoms with Gasteiger partial charge in [-0.1, -0.05) is 59.0 Å². The van der Waals surface area contributed by atoms with E-state index in [1.165, 1.54) is 23.0 Å². The number of hydrogen-bond acceptors (Lipinski definition) is 8. The van der Waals surface area contributed by atoms with Crippen LogP contribution in [0.3, 0.4) is 0 Å². The van der Waals surface area contributed by atoms with Crippen molar-refractivity contribution in [3.63, 3.8) is 0 Å². The van der Waals surface area contributed by atoms with E-state index in [9.17, 15) is 14.0 Å². The molecule has 3 aromatic heterocycles. The number of carbonyl (C=O) groups is 1. The van der Waals surface area contributed by atoms with Crippen molar-refractivity contribution < 1.29 is 9.18 Å². The molecule has 0 radical (unpaired) electrons. The summed E-state index contributed by atoms with van der Waals surface area (Å²) in [7, 11) is 0. The van der Waals surface area contributed by atoms with E-state index in [2.05, 4.69) is 34.7 Å². The standard InChI is InChI=1S/C30H34ClFN8O2/c1-8-21(33)23(18(7)32)26-20(31)14-19-28(39-12-10-38(11-13-39)22(41)9-2)37-30(42)40(29(19)36-26)27-24(16(3)4)34-15-35-25(27)17(5)6/h8-9,14-17H,1-2,7,10-13,33H2,3-6H3/b23-21-. The molecule has 4 heterocycles. The van der Waals surface area contributed by atoms with Crippen LogP contribution in [-0.4, -0.2) is 61.5 Å². The first kappa shape index (κ1) is 30.6. The van der Waals surface area contributed by atoms with Gasteiger partial charge >= 0.3 is 5.69 Å². The molecular formula is C30H34ClFN8O2. The molecule has 0 saturated carbocycles. The average Bonchev–Trinajstić information content (AvgIpc) is 2.96. The Labute approximate surface area is 248 Å². The van der Waals surface area contributed by atoms with Crippen molar-refractivity contribution >= 4 is 39.9 Å². The number of nitrogens with zero attached hydrogens (tertiary/aromatic N) is 7. The molecule has 3 aromatic rings. The zero-order valence-electron chi connectivity index (χ0n) is 24.2. The molecule has 0 aromatic carbocycles. The van der Waals surface area contributed by atoms with Gasteiger partial charge in [0, 0.05) is 31.9 Å². The summed E-state index contributed by atoms with van der Waals surface area (Å²) in [6, 6.07) is 1.59. The van der Waals surface area contributed by atoms with E-state index in [0.717, 1.165) is 0 Å². The Hall–Kier alpha value is -4.38. The highest BCUT2D eigenvalue weighted by Crippen LogP contribution is 2.36. The van der Waals surface area contributed by atoms with E-state index in [4.69, 9.17) is 22.3 Å². The van der Waals surface area contributed by atoms with Gasteiger partial charge in [0.1, 0.15) is 18.0 Å². The average molecular weight is 593 g/mol. The molecule has 12 heteroatoms. The number of allylic oxidation sites excluding steroid dienone is 3. The first-order valence-electron chi connectivity index (χ1n) is 13.5. The van der Waals surface area contributed by atoms with Gasteiger partial charge in [0.2, 0.25) is 5.91 Å². The molecule has 42 heavy (non-hydrogen) atoms. The maximum Gasteiger partial charge on any atom is 0.355 e. The van der Waals surface area contributed by atoms with Crippen LogP contribution in [0.15, 0.2) is 60.6 Å². The fourth-order valence-corrected chi connectivity index (χ4v) is 5.24. The van der Waals surface area contributed by atoms with Gasteiger partial charge in [-0.25, -0.2) is 28.7 Å². The molecule has 1 aliphatic heterocycles. The first-order chi connectivity index (χ1) is 19.9. The van der Waals surface area contributed by atoms with Gasteiger partial charge in [0.15, 0.2) is 5.65 Å². The lowest BCUT2D eigenvalue weighted by molar-refractivity contribution is -0.126. The summed E-state index contributed by atoms with van der Waals surface area (Å²) < 4.78 is 16.2. The summed E-state index contributed by atoms with van der Waals surface area (Å²) in [6.07, 6.45) is 4.02. The normalized spacial score (nSPS) is 14.4. The lowest BCUT2D eigenvalue weighted by atomic mass is 10.0. The minimum absolute atomic E-state index is 0.00481. The number of fused-ring (bicyclic) bond motifs is 1. The molecular weight excluding hydrogens is 559 g/mol. The number of carbonyl (C=O) groups excluding carboxylic acids is 1. The number of hydrogen-bond donors (Lipinski definition) is 1. The molecule has 0 atom stereocenters. The van der Waals surface area contributed by atoms with Crippen LogP contribution in [0.5, 0.6) is 0 Å². The summed E-state index contributed by atoms with van der Waals surface area (Å²) in [5.41, 5.74) is 7.17. The molecule has 1 saturated heterocycles. The van der Waals surface area contributed by atoms with Gasteiger partial charge in [-0.05, 0) is 30.1 Å². The summed E-state index contributed by atoms with van der Waals surface area (Å²) in [5.74, 6) is -0.854. The molecule has 0 unspecified atom stereocenters. The van der Waals surface area contributed by atoms with Gasteiger partial charge < -0.3 is 15.5 Å². The molecule has 0 aliphatic carbocycles. The van der Waals surface area contributed by atoms with E-state index >= 15 is 0 Å². The highest BCUT2D eigenvalue weighted by atomic mass is 35.5. The number of rotatable bonds is 8. The van der Waals surface area contributed by atoms with E-state index in [0.29, 0.717) is 54.5 Å². The van der Waals surface area contributed by atoms with Crippen LogP contribution < -0.4 is 16.3 Å². The predicted octanol–water partition coefficient (Wildman–Crippen LogP) is 4.64. The van der Waals surface area contributed by atoms with Gasteiger partial charge in [-0.3, -0.25) is 4.79 Å². The monoisotopic (exact) mass is 592 g/mol. The number of aromatic nitrogens is 5. The van der Waals surface area contributed by atoms with Crippen LogP contribution in [-0.2, 0) is 4.79 Å². The second kappa shape index (κ2) is 12.2. The van der Waals surface area contributed by atoms with E-state index in [1.54, 1.807) is 11.0 Å². The largest absolute Gasteiger partial charge is 0.398 e. The lowest BCUT2D eigenvalue weighted by Gasteiger charge is -2.35. The Bertz CT molecular complexity index is 1660. The number of nitrogens with two attached hydrogens (primary N) is 1. The van der Waals surface area contributed by atoms with Crippen LogP contribution in [0.1, 0.15) is 56.6 Å². The Kier molecular flexibility index (Phi) is 8.91. The molecule has 4 rings (SSSR count). The summed E-state index contributed by atoms with van der Waals surface area (Å²) in [5, 5.41) is 0.522. The maximum atomic E-state index is 14.8. The van der Waals surface area contributed by atoms with Crippen molar-refractivity contribution in [1.29, 1.82) is 0 Å². The van der Waals surface area contributed by atoms with E-state index < -0.39 is 11.5 Å². The summed E-state index contributed by atoms with van der Waals surface area (Å²) in [6.45, 7) is 20.1. The highest BCUT2D eigenvalue weighted by Gasteiger charge is 2.28. The first-order valence-corrected chi connectivity index (χ1v) is 13.9. The third-order valence-electron chi connectivity index (χ3n) is 7.08. The Morgan fingerprint density at radius 1 is 1.05 bits per heavy atom. The quantitative estimate of drug-likeness (QED) is 0.296. The highest BCUT2D eigenvalue weighted by molar-refractivity contribution is 6.33. The van der Waals surface area contributed by atoms with E-state index in [-0.39, 0.29) is 45.4 Å². The van der Waals surface area contributed by atoms with Crippen molar-refractivity contribution in [1.82, 2.24) is 29.4 Å². The second-order valence-electron chi connectivity index (χ2n) is 10.5. The Morgan fingerprint density at radius 2 is 1.64 bits per heavy atom. The fourth-order valence-electron chi connectivity index (χ4n) is 5.00. The topological polar surface area (TPSA) is 123 Å². The molecule has 1 fully saturated rings. The summed E-state index contributed by atoms with van der Waals surface area (Å²) in [4.78, 5) is 48.0. The van der Waals surface area contributed by atoms with Gasteiger partial charge in [-0.15, -0.1) is 0 Å². The smallest absolute Gasteiger partial charge is 0.355 e. The number of anilines is 1. The number of amides is 1. The molecule has 10 nitrogen and oxygen atoms in total. The van der Waals surface area contributed by atoms with Crippen LogP contribution in [0.25, 0.3) is 22.3 Å². The van der Waals surface area contributed by atoms with Gasteiger partial charge in [-0.2, -0.15) is 4.98 Å². The van der Waals surface area contributed by atoms with Crippen molar-refractivity contribution in [2.75, 3.05) is 31.1 Å². The summed E-state index contributed by atoms with van der Waals surface area (Å²) >= 11 is 6.72. The van der Waals surface area contributed by atoms with Crippen LogP contribution in [0, 0.1) is 0 Å². The fraction of sp³-hybridized carbons (Fsp3) is 0.333. The van der Waals surface area contributed by atoms with Crippen molar-refractivity contribution in [2.45, 2.75) is 39.5 Å². The maximum absolute atomic E-state index is 14.8.